The molecule has 0 aliphatic rings. The predicted molar refractivity (Wildman–Crippen MR) is 103 cm³/mol. The molecule has 0 atom stereocenters. The molecule has 1 amide bonds. The van der Waals surface area contributed by atoms with Gasteiger partial charge in [0.15, 0.2) is 0 Å². The molecule has 0 fully saturated rings. The second-order valence-corrected chi connectivity index (χ2v) is 5.61. The fourth-order valence-corrected chi connectivity index (χ4v) is 2.61. The van der Waals surface area contributed by atoms with E-state index in [1.807, 2.05) is 56.3 Å². The van der Waals surface area contributed by atoms with E-state index in [9.17, 15) is 10.1 Å². The number of carbonyl (C=O) groups excluding carboxylic acids is 1. The molecule has 5 nitrogen and oxygen atoms in total. The molecule has 2 aromatic carbocycles. The van der Waals surface area contributed by atoms with Gasteiger partial charge in [0.25, 0.3) is 5.91 Å². The van der Waals surface area contributed by atoms with Crippen molar-refractivity contribution in [2.45, 2.75) is 20.3 Å². The number of benzene rings is 2. The number of fused-ring (bicyclic) bond motifs is 1. The van der Waals surface area contributed by atoms with Crippen LogP contribution >= 0.6 is 0 Å². The average Bonchev–Trinajstić information content (AvgIpc) is 2.67. The van der Waals surface area contributed by atoms with Crippen LogP contribution in [0.3, 0.4) is 0 Å². The largest absolute Gasteiger partial charge is 0.493 e. The summed E-state index contributed by atoms with van der Waals surface area (Å²) in [6, 6.07) is 13.7. The minimum atomic E-state index is -0.389. The minimum Gasteiger partial charge on any atom is -0.493 e. The highest BCUT2D eigenvalue weighted by molar-refractivity contribution is 6.04. The number of nitrogens with zero attached hydrogens (tertiary/aromatic N) is 1. The third kappa shape index (κ3) is 5.08. The molecule has 0 aromatic heterocycles. The molecule has 136 valence electrons. The van der Waals surface area contributed by atoms with Crippen LogP contribution < -0.4 is 10.1 Å². The van der Waals surface area contributed by atoms with Gasteiger partial charge in [0, 0.05) is 25.3 Å². The summed E-state index contributed by atoms with van der Waals surface area (Å²) in [6.07, 6.45) is 2.31. The summed E-state index contributed by atoms with van der Waals surface area (Å²) in [4.78, 5) is 12.3. The maximum Gasteiger partial charge on any atom is 0.261 e. The van der Waals surface area contributed by atoms with Gasteiger partial charge in [0.05, 0.1) is 6.61 Å². The van der Waals surface area contributed by atoms with Crippen LogP contribution in [0.15, 0.2) is 42.0 Å². The Hall–Kier alpha value is -2.84. The van der Waals surface area contributed by atoms with Gasteiger partial charge in [-0.25, -0.2) is 0 Å². The Bertz CT molecular complexity index is 822. The maximum absolute atomic E-state index is 12.3. The van der Waals surface area contributed by atoms with E-state index in [1.165, 1.54) is 0 Å². The number of rotatable bonds is 9. The van der Waals surface area contributed by atoms with Gasteiger partial charge in [0.2, 0.25) is 0 Å². The lowest BCUT2D eigenvalue weighted by molar-refractivity contribution is -0.117. The monoisotopic (exact) mass is 352 g/mol. The Morgan fingerprint density at radius 1 is 1.19 bits per heavy atom. The molecule has 0 aliphatic carbocycles. The van der Waals surface area contributed by atoms with Crippen LogP contribution in [0.25, 0.3) is 16.8 Å². The molecule has 0 spiro atoms. The summed E-state index contributed by atoms with van der Waals surface area (Å²) >= 11 is 0. The van der Waals surface area contributed by atoms with Gasteiger partial charge in [-0.15, -0.1) is 0 Å². The molecule has 2 rings (SSSR count). The first-order chi connectivity index (χ1) is 12.7. The molecule has 0 heterocycles. The highest BCUT2D eigenvalue weighted by Gasteiger charge is 2.13. The van der Waals surface area contributed by atoms with E-state index in [-0.39, 0.29) is 11.5 Å². The number of nitriles is 1. The Labute approximate surface area is 154 Å². The average molecular weight is 352 g/mol. The molecular weight excluding hydrogens is 328 g/mol. The topological polar surface area (TPSA) is 71.3 Å². The third-order valence-corrected chi connectivity index (χ3v) is 3.84. The molecule has 0 saturated heterocycles. The molecule has 0 bridgehead atoms. The van der Waals surface area contributed by atoms with Crippen molar-refractivity contribution in [2.75, 3.05) is 26.4 Å². The number of ether oxygens (including phenoxy) is 2. The van der Waals surface area contributed by atoms with Crippen LogP contribution in [0.4, 0.5) is 0 Å². The maximum atomic E-state index is 12.3. The van der Waals surface area contributed by atoms with E-state index in [0.717, 1.165) is 16.3 Å². The minimum absolute atomic E-state index is 0.0544. The van der Waals surface area contributed by atoms with Gasteiger partial charge in [-0.05, 0) is 43.2 Å². The van der Waals surface area contributed by atoms with Crippen molar-refractivity contribution in [3.63, 3.8) is 0 Å². The Morgan fingerprint density at radius 2 is 2.00 bits per heavy atom. The summed E-state index contributed by atoms with van der Waals surface area (Å²) < 4.78 is 10.9. The van der Waals surface area contributed by atoms with E-state index in [0.29, 0.717) is 38.5 Å². The first-order valence-electron chi connectivity index (χ1n) is 8.83. The lowest BCUT2D eigenvalue weighted by Gasteiger charge is -2.11. The van der Waals surface area contributed by atoms with Gasteiger partial charge in [-0.2, -0.15) is 5.26 Å². The van der Waals surface area contributed by atoms with E-state index < -0.39 is 0 Å². The first kappa shape index (κ1) is 19.5. The van der Waals surface area contributed by atoms with Crippen molar-refractivity contribution in [3.05, 3.63) is 47.5 Å². The van der Waals surface area contributed by atoms with Crippen molar-refractivity contribution in [3.8, 4) is 11.8 Å². The second-order valence-electron chi connectivity index (χ2n) is 5.61. The number of hydrogen-bond acceptors (Lipinski definition) is 4. The standard InChI is InChI=1S/C21H24N2O3/c1-3-25-13-7-12-23-21(24)17(15-22)14-19-18-9-6-5-8-16(18)10-11-20(19)26-4-2/h5-6,8-11,14H,3-4,7,12-13H2,1-2H3,(H,23,24)/b17-14+. The zero-order valence-corrected chi connectivity index (χ0v) is 15.2. The smallest absolute Gasteiger partial charge is 0.261 e. The Morgan fingerprint density at radius 3 is 2.73 bits per heavy atom. The number of amides is 1. The van der Waals surface area contributed by atoms with Crippen LogP contribution in [0.1, 0.15) is 25.8 Å². The normalized spacial score (nSPS) is 11.2. The summed E-state index contributed by atoms with van der Waals surface area (Å²) in [5.74, 6) is 0.266. The molecule has 0 saturated carbocycles. The molecule has 5 heteroatoms. The lowest BCUT2D eigenvalue weighted by Crippen LogP contribution is -2.26. The number of nitrogens with one attached hydrogen (secondary N) is 1. The molecular formula is C21H24N2O3. The first-order valence-corrected chi connectivity index (χ1v) is 8.83. The zero-order valence-electron chi connectivity index (χ0n) is 15.2. The van der Waals surface area contributed by atoms with Crippen LogP contribution in [0.5, 0.6) is 5.75 Å². The van der Waals surface area contributed by atoms with Crippen LogP contribution in [0, 0.1) is 11.3 Å². The number of hydrogen-bond donors (Lipinski definition) is 1. The van der Waals surface area contributed by atoms with Crippen molar-refractivity contribution in [1.29, 1.82) is 5.26 Å². The highest BCUT2D eigenvalue weighted by atomic mass is 16.5. The van der Waals surface area contributed by atoms with Gasteiger partial charge in [-0.1, -0.05) is 30.3 Å². The lowest BCUT2D eigenvalue weighted by atomic mass is 10.0. The highest BCUT2D eigenvalue weighted by Crippen LogP contribution is 2.30. The third-order valence-electron chi connectivity index (χ3n) is 3.84. The fraction of sp³-hybridized carbons (Fsp3) is 0.333. The quantitative estimate of drug-likeness (QED) is 0.424. The van der Waals surface area contributed by atoms with Crippen LogP contribution in [-0.4, -0.2) is 32.3 Å². The SMILES string of the molecule is CCOCCCNC(=O)/C(C#N)=C/c1c(OCC)ccc2ccccc12. The molecule has 26 heavy (non-hydrogen) atoms. The van der Waals surface area contributed by atoms with Crippen LogP contribution in [0.2, 0.25) is 0 Å². The van der Waals surface area contributed by atoms with Gasteiger partial charge >= 0.3 is 0 Å². The molecule has 0 radical (unpaired) electrons. The van der Waals surface area contributed by atoms with Crippen molar-refractivity contribution in [2.24, 2.45) is 0 Å². The molecule has 1 N–H and O–H groups in total. The van der Waals surface area contributed by atoms with Crippen molar-refractivity contribution < 1.29 is 14.3 Å². The predicted octanol–water partition coefficient (Wildman–Crippen LogP) is 3.69. The van der Waals surface area contributed by atoms with Gasteiger partial charge < -0.3 is 14.8 Å². The van der Waals surface area contributed by atoms with E-state index in [1.54, 1.807) is 6.08 Å². The van der Waals surface area contributed by atoms with E-state index in [4.69, 9.17) is 9.47 Å². The molecule has 0 aliphatic heterocycles. The summed E-state index contributed by atoms with van der Waals surface area (Å²) in [7, 11) is 0. The zero-order chi connectivity index (χ0) is 18.8. The summed E-state index contributed by atoms with van der Waals surface area (Å²) in [5.41, 5.74) is 0.796. The van der Waals surface area contributed by atoms with Crippen molar-refractivity contribution >= 4 is 22.8 Å². The van der Waals surface area contributed by atoms with E-state index in [2.05, 4.69) is 5.32 Å². The summed E-state index contributed by atoms with van der Waals surface area (Å²) in [5, 5.41) is 14.2. The van der Waals surface area contributed by atoms with Crippen molar-refractivity contribution in [1.82, 2.24) is 5.32 Å². The van der Waals surface area contributed by atoms with E-state index >= 15 is 0 Å². The second kappa shape index (κ2) is 10.2. The molecule has 2 aromatic rings. The molecule has 0 unspecified atom stereocenters. The van der Waals surface area contributed by atoms with Crippen LogP contribution in [-0.2, 0) is 9.53 Å². The van der Waals surface area contributed by atoms with Gasteiger partial charge in [-0.3, -0.25) is 4.79 Å². The summed E-state index contributed by atoms with van der Waals surface area (Å²) in [6.45, 7) is 6.03. The number of carbonyl (C=O) groups is 1. The Balaban J connectivity index is 2.28. The Kier molecular flexibility index (Phi) is 7.66. The van der Waals surface area contributed by atoms with Gasteiger partial charge in [0.1, 0.15) is 17.4 Å². The fourth-order valence-electron chi connectivity index (χ4n) is 2.61.